The van der Waals surface area contributed by atoms with Crippen molar-refractivity contribution in [2.45, 2.75) is 66.9 Å². The molecule has 12 aromatic rings. The summed E-state index contributed by atoms with van der Waals surface area (Å²) in [6, 6.07) is 95.9. The standard InChI is InChI=1S/C83H62N2Si2/c1-86(2)71-39-17-13-35-67(71)84(68-36-14-18-40-72(68)86)49-44-46-56-63(47-49)76(61-31-21-30-60-75-51-23-5-7-25-53(51)78(79(60)61)54-26-8-6-24-52(54)75)55-45-43-50(85-69-37-15-19-41-73(69)87(3,4)74-42-20-16-38-70(74)85)48-64(55)77(56)62-32-22-34-66-80(62)82-58-28-10-9-27-57(58)81-59-29-11-12-33-65(59)83(66,81)82/h5-48,67,71,75,78,81-82H,1-4H3. The maximum Gasteiger partial charge on any atom is 0.117 e. The number of hydrogen-bond acceptors (Lipinski definition) is 2. The zero-order chi connectivity index (χ0) is 57.4. The molecular weight excluding hydrogens is 1080 g/mol. The molecule has 2 aliphatic heterocycles. The van der Waals surface area contributed by atoms with E-state index in [2.05, 4.69) is 303 Å². The van der Waals surface area contributed by atoms with Gasteiger partial charge in [0.05, 0.1) is 14.1 Å². The van der Waals surface area contributed by atoms with E-state index in [0.29, 0.717) is 11.5 Å². The number of benzene rings is 12. The van der Waals surface area contributed by atoms with E-state index in [0.717, 1.165) is 0 Å². The summed E-state index contributed by atoms with van der Waals surface area (Å²) in [4.78, 5) is 5.33. The zero-order valence-electron chi connectivity index (χ0n) is 49.3. The van der Waals surface area contributed by atoms with Crippen molar-refractivity contribution >= 4 is 81.7 Å². The molecule has 7 aliphatic carbocycles. The van der Waals surface area contributed by atoms with Crippen LogP contribution in [0.1, 0.15) is 90.4 Å². The van der Waals surface area contributed by atoms with Gasteiger partial charge in [-0.15, -0.1) is 0 Å². The van der Waals surface area contributed by atoms with Crippen LogP contribution in [0.25, 0.3) is 43.8 Å². The van der Waals surface area contributed by atoms with Crippen molar-refractivity contribution in [3.05, 3.63) is 334 Å². The molecule has 0 saturated heterocycles. The molecule has 0 saturated carbocycles. The third kappa shape index (κ3) is 5.92. The largest absolute Gasteiger partial charge is 0.334 e. The third-order valence-electron chi connectivity index (χ3n) is 23.0. The lowest BCUT2D eigenvalue weighted by molar-refractivity contribution is 0.333. The highest BCUT2D eigenvalue weighted by Gasteiger charge is 2.70. The lowest BCUT2D eigenvalue weighted by atomic mass is 9.42. The van der Waals surface area contributed by atoms with E-state index in [1.165, 1.54) is 155 Å². The average molecular weight is 1140 g/mol. The second-order valence-corrected chi connectivity index (χ2v) is 36.2. The molecule has 2 bridgehead atoms. The lowest BCUT2D eigenvalue weighted by Crippen LogP contribution is -2.59. The molecule has 0 fully saturated rings. The number of nitrogens with zero attached hydrogens (tertiary/aromatic N) is 2. The molecule has 0 N–H and O–H groups in total. The number of fused-ring (bicyclic) bond motifs is 13. The van der Waals surface area contributed by atoms with Crippen LogP contribution >= 0.6 is 0 Å². The lowest BCUT2D eigenvalue weighted by Gasteiger charge is -2.59. The Labute approximate surface area is 511 Å². The van der Waals surface area contributed by atoms with Crippen LogP contribution in [-0.2, 0) is 5.41 Å². The number of anilines is 5. The summed E-state index contributed by atoms with van der Waals surface area (Å²) in [7, 11) is -4.04. The summed E-state index contributed by atoms with van der Waals surface area (Å²) < 4.78 is 0. The topological polar surface area (TPSA) is 6.48 Å². The van der Waals surface area contributed by atoms with Gasteiger partial charge in [0.1, 0.15) is 8.07 Å². The van der Waals surface area contributed by atoms with Crippen molar-refractivity contribution in [2.75, 3.05) is 9.80 Å². The zero-order valence-corrected chi connectivity index (χ0v) is 51.3. The van der Waals surface area contributed by atoms with E-state index >= 15 is 0 Å². The number of allylic oxidation sites excluding steroid dienone is 2. The molecule has 12 aromatic carbocycles. The Bertz CT molecular complexity index is 5050. The van der Waals surface area contributed by atoms with E-state index in [-0.39, 0.29) is 29.2 Å². The molecule has 2 nitrogen and oxygen atoms in total. The monoisotopic (exact) mass is 1140 g/mol. The number of hydrogen-bond donors (Lipinski definition) is 0. The van der Waals surface area contributed by atoms with Crippen molar-refractivity contribution in [3.8, 4) is 22.3 Å². The molecule has 5 atom stereocenters. The van der Waals surface area contributed by atoms with Gasteiger partial charge in [-0.05, 0) is 169 Å². The van der Waals surface area contributed by atoms with Crippen LogP contribution in [0, 0.1) is 0 Å². The molecule has 4 heteroatoms. The van der Waals surface area contributed by atoms with Crippen LogP contribution in [0.15, 0.2) is 267 Å². The van der Waals surface area contributed by atoms with E-state index in [4.69, 9.17) is 0 Å². The van der Waals surface area contributed by atoms with Gasteiger partial charge in [-0.3, -0.25) is 0 Å². The summed E-state index contributed by atoms with van der Waals surface area (Å²) in [6.45, 7) is 10.3. The third-order valence-corrected chi connectivity index (χ3v) is 30.5. The van der Waals surface area contributed by atoms with Crippen LogP contribution in [-0.4, -0.2) is 22.2 Å². The normalized spacial score (nSPS) is 23.0. The van der Waals surface area contributed by atoms with Gasteiger partial charge in [-0.25, -0.2) is 0 Å². The smallest absolute Gasteiger partial charge is 0.117 e. The van der Waals surface area contributed by atoms with Gasteiger partial charge in [0, 0.05) is 63.1 Å². The Kier molecular flexibility index (Phi) is 9.55. The molecule has 21 rings (SSSR count). The highest BCUT2D eigenvalue weighted by atomic mass is 28.3. The summed E-state index contributed by atoms with van der Waals surface area (Å²) >= 11 is 0. The van der Waals surface area contributed by atoms with Crippen LogP contribution in [0.3, 0.4) is 0 Å². The van der Waals surface area contributed by atoms with E-state index in [1.54, 1.807) is 0 Å². The summed E-state index contributed by atoms with van der Waals surface area (Å²) in [5, 5.41) is 9.67. The van der Waals surface area contributed by atoms with Crippen molar-refractivity contribution in [2.24, 2.45) is 0 Å². The quantitative estimate of drug-likeness (QED) is 0.128. The molecule has 412 valence electrons. The maximum absolute atomic E-state index is 2.72. The fourth-order valence-electron chi connectivity index (χ4n) is 19.5. The predicted molar refractivity (Wildman–Crippen MR) is 367 cm³/mol. The molecule has 2 heterocycles. The van der Waals surface area contributed by atoms with Gasteiger partial charge in [0.2, 0.25) is 0 Å². The van der Waals surface area contributed by atoms with E-state index < -0.39 is 16.1 Å². The average Bonchev–Trinajstić information content (AvgIpc) is 1.52. The molecule has 0 amide bonds. The maximum atomic E-state index is 2.72. The fourth-order valence-corrected chi connectivity index (χ4v) is 26.0. The molecule has 5 unspecified atom stereocenters. The first-order valence-electron chi connectivity index (χ1n) is 31.6. The van der Waals surface area contributed by atoms with Crippen LogP contribution in [0.5, 0.6) is 0 Å². The minimum Gasteiger partial charge on any atom is -0.334 e. The Balaban J connectivity index is 0.931. The first kappa shape index (κ1) is 48.9. The molecule has 0 radical (unpaired) electrons. The highest BCUT2D eigenvalue weighted by Crippen LogP contribution is 2.78. The number of rotatable bonds is 4. The van der Waals surface area contributed by atoms with Crippen LogP contribution in [0.2, 0.25) is 31.7 Å². The van der Waals surface area contributed by atoms with Crippen molar-refractivity contribution < 1.29 is 0 Å². The second kappa shape index (κ2) is 17.0. The van der Waals surface area contributed by atoms with E-state index in [1.807, 2.05) is 0 Å². The van der Waals surface area contributed by atoms with Gasteiger partial charge in [-0.1, -0.05) is 251 Å². The van der Waals surface area contributed by atoms with Gasteiger partial charge in [0.15, 0.2) is 0 Å². The molecule has 1 spiro atoms. The Morgan fingerprint density at radius 1 is 0.356 bits per heavy atom. The van der Waals surface area contributed by atoms with Gasteiger partial charge in [0.25, 0.3) is 0 Å². The molecule has 0 aromatic heterocycles. The van der Waals surface area contributed by atoms with Gasteiger partial charge >= 0.3 is 0 Å². The molecule has 87 heavy (non-hydrogen) atoms. The van der Waals surface area contributed by atoms with Crippen molar-refractivity contribution in [3.63, 3.8) is 0 Å². The van der Waals surface area contributed by atoms with E-state index in [9.17, 15) is 0 Å². The predicted octanol–water partition coefficient (Wildman–Crippen LogP) is 18.7. The van der Waals surface area contributed by atoms with Gasteiger partial charge in [-0.2, -0.15) is 0 Å². The SMILES string of the molecule is C[Si]1(C)c2ccccc2N(c2ccc3c(-c4cccc5c4C4c6ccccc6C5c5ccccc54)c4cc(N5c6ccccc6[Si](C)(C)C6C=CC=CC65)ccc4c(-c4cccc5c4C4c6ccccc6C6c7ccccc7C564)c3c2)c2ccccc21. The second-order valence-electron chi connectivity index (χ2n) is 27.2. The minimum absolute atomic E-state index is 0.0837. The van der Waals surface area contributed by atoms with Crippen molar-refractivity contribution in [1.82, 2.24) is 0 Å². The molecule has 9 aliphatic rings. The minimum atomic E-state index is -2.08. The molecular formula is C83H62N2Si2. The van der Waals surface area contributed by atoms with Crippen LogP contribution < -0.4 is 25.4 Å². The fraction of sp³-hybridized carbons (Fsp3) is 0.133. The first-order valence-corrected chi connectivity index (χ1v) is 37.7. The first-order chi connectivity index (χ1) is 42.7. The van der Waals surface area contributed by atoms with Crippen molar-refractivity contribution in [1.29, 1.82) is 0 Å². The number of para-hydroxylation sites is 3. The highest BCUT2D eigenvalue weighted by molar-refractivity contribution is 7.02. The Morgan fingerprint density at radius 2 is 0.839 bits per heavy atom. The summed E-state index contributed by atoms with van der Waals surface area (Å²) in [6.07, 6.45) is 9.65. The van der Waals surface area contributed by atoms with Gasteiger partial charge < -0.3 is 9.80 Å². The Hall–Kier alpha value is -9.33. The summed E-state index contributed by atoms with van der Waals surface area (Å²) in [5.74, 6) is 0.811. The summed E-state index contributed by atoms with van der Waals surface area (Å²) in [5.41, 5.74) is 29.7. The Morgan fingerprint density at radius 3 is 1.51 bits per heavy atom. The van der Waals surface area contributed by atoms with Crippen LogP contribution in [0.4, 0.5) is 28.4 Å².